The second-order valence-electron chi connectivity index (χ2n) is 4.23. The van der Waals surface area contributed by atoms with Crippen molar-refractivity contribution in [3.8, 4) is 0 Å². The quantitative estimate of drug-likeness (QED) is 0.869. The molecule has 1 amide bonds. The molecule has 0 spiro atoms. The maximum Gasteiger partial charge on any atom is 0.286 e. The molecule has 0 aliphatic carbocycles. The first-order chi connectivity index (χ1) is 8.04. The lowest BCUT2D eigenvalue weighted by Gasteiger charge is -2.06. The van der Waals surface area contributed by atoms with E-state index in [-0.39, 0.29) is 23.4 Å². The predicted octanol–water partition coefficient (Wildman–Crippen LogP) is 3.05. The van der Waals surface area contributed by atoms with E-state index in [2.05, 4.69) is 5.32 Å². The van der Waals surface area contributed by atoms with Crippen LogP contribution in [0.25, 0.3) is 11.0 Å². The minimum Gasteiger partial charge on any atom is -0.451 e. The van der Waals surface area contributed by atoms with Gasteiger partial charge in [-0.2, -0.15) is 0 Å². The van der Waals surface area contributed by atoms with Crippen LogP contribution in [-0.4, -0.2) is 13.0 Å². The van der Waals surface area contributed by atoms with Crippen molar-refractivity contribution in [1.82, 2.24) is 5.32 Å². The molecule has 0 saturated heterocycles. The number of halogens is 1. The second-order valence-corrected chi connectivity index (χ2v) is 4.23. The Morgan fingerprint density at radius 1 is 1.41 bits per heavy atom. The molecule has 0 unspecified atom stereocenters. The molecule has 17 heavy (non-hydrogen) atoms. The molecule has 0 aliphatic rings. The molecule has 3 nitrogen and oxygen atoms in total. The fourth-order valence-electron chi connectivity index (χ4n) is 1.78. The average molecular weight is 235 g/mol. The Hall–Kier alpha value is -1.84. The fourth-order valence-corrected chi connectivity index (χ4v) is 1.78. The van der Waals surface area contributed by atoms with Crippen LogP contribution in [0.1, 0.15) is 35.9 Å². The lowest BCUT2D eigenvalue weighted by molar-refractivity contribution is 0.0938. The molecule has 4 heteroatoms. The van der Waals surface area contributed by atoms with Crippen molar-refractivity contribution >= 4 is 16.9 Å². The molecule has 1 N–H and O–H groups in total. The monoisotopic (exact) mass is 235 g/mol. The van der Waals surface area contributed by atoms with Crippen LogP contribution in [0, 0.1) is 5.82 Å². The molecule has 0 bridgehead atoms. The molecule has 90 valence electrons. The summed E-state index contributed by atoms with van der Waals surface area (Å²) in [7, 11) is 1.51. The lowest BCUT2D eigenvalue weighted by atomic mass is 10.0. The Morgan fingerprint density at radius 3 is 2.71 bits per heavy atom. The van der Waals surface area contributed by atoms with Crippen LogP contribution in [0.3, 0.4) is 0 Å². The maximum atomic E-state index is 14.1. The minimum atomic E-state index is -0.355. The van der Waals surface area contributed by atoms with Gasteiger partial charge in [-0.1, -0.05) is 19.9 Å². The number of rotatable bonds is 2. The van der Waals surface area contributed by atoms with Gasteiger partial charge in [0.2, 0.25) is 0 Å². The zero-order valence-corrected chi connectivity index (χ0v) is 10.0. The van der Waals surface area contributed by atoms with Gasteiger partial charge in [-0.15, -0.1) is 0 Å². The van der Waals surface area contributed by atoms with Gasteiger partial charge in [-0.3, -0.25) is 4.79 Å². The van der Waals surface area contributed by atoms with Crippen LogP contribution in [-0.2, 0) is 0 Å². The molecular formula is C13H14FNO2. The van der Waals surface area contributed by atoms with E-state index in [1.807, 2.05) is 13.8 Å². The molecule has 0 aliphatic heterocycles. The van der Waals surface area contributed by atoms with Crippen molar-refractivity contribution in [2.45, 2.75) is 19.8 Å². The summed E-state index contributed by atoms with van der Waals surface area (Å²) >= 11 is 0. The molecule has 0 atom stereocenters. The highest BCUT2D eigenvalue weighted by atomic mass is 19.1. The van der Waals surface area contributed by atoms with Crippen LogP contribution in [0.5, 0.6) is 0 Å². The van der Waals surface area contributed by atoms with Crippen molar-refractivity contribution in [2.75, 3.05) is 7.05 Å². The molecule has 2 rings (SSSR count). The summed E-state index contributed by atoms with van der Waals surface area (Å²) in [5.41, 5.74) is 1.02. The van der Waals surface area contributed by atoms with E-state index in [1.54, 1.807) is 12.1 Å². The first kappa shape index (κ1) is 11.6. The Labute approximate surface area is 98.6 Å². The van der Waals surface area contributed by atoms with Crippen LogP contribution in [0.15, 0.2) is 22.6 Å². The van der Waals surface area contributed by atoms with Crippen molar-refractivity contribution in [3.05, 3.63) is 35.3 Å². The van der Waals surface area contributed by atoms with E-state index < -0.39 is 0 Å². The molecule has 0 saturated carbocycles. The highest BCUT2D eigenvalue weighted by molar-refractivity contribution is 5.96. The molecule has 0 fully saturated rings. The van der Waals surface area contributed by atoms with Crippen LogP contribution in [0.4, 0.5) is 4.39 Å². The van der Waals surface area contributed by atoms with E-state index in [1.165, 1.54) is 13.1 Å². The zero-order chi connectivity index (χ0) is 12.6. The van der Waals surface area contributed by atoms with Gasteiger partial charge >= 0.3 is 0 Å². The van der Waals surface area contributed by atoms with Crippen molar-refractivity contribution in [1.29, 1.82) is 0 Å². The third kappa shape index (κ3) is 1.90. The van der Waals surface area contributed by atoms with Gasteiger partial charge in [-0.05, 0) is 17.5 Å². The molecule has 1 aromatic heterocycles. The Kier molecular flexibility index (Phi) is 2.88. The number of carbonyl (C=O) groups excluding carboxylic acids is 1. The smallest absolute Gasteiger partial charge is 0.286 e. The Balaban J connectivity index is 2.62. The van der Waals surface area contributed by atoms with Crippen LogP contribution >= 0.6 is 0 Å². The van der Waals surface area contributed by atoms with Gasteiger partial charge in [0.05, 0.1) is 5.39 Å². The van der Waals surface area contributed by atoms with Crippen molar-refractivity contribution in [2.24, 2.45) is 0 Å². The highest BCUT2D eigenvalue weighted by Gasteiger charge is 2.16. The zero-order valence-electron chi connectivity index (χ0n) is 10.0. The second kappa shape index (κ2) is 4.20. The van der Waals surface area contributed by atoms with E-state index in [9.17, 15) is 9.18 Å². The number of furan rings is 1. The van der Waals surface area contributed by atoms with E-state index >= 15 is 0 Å². The van der Waals surface area contributed by atoms with Crippen molar-refractivity contribution < 1.29 is 13.6 Å². The first-order valence-corrected chi connectivity index (χ1v) is 5.48. The SMILES string of the molecule is CNC(=O)c1cc2c(F)c(C(C)C)ccc2o1. The normalized spacial score (nSPS) is 11.1. The maximum absolute atomic E-state index is 14.1. The topological polar surface area (TPSA) is 42.2 Å². The summed E-state index contributed by atoms with van der Waals surface area (Å²) in [6.07, 6.45) is 0. The summed E-state index contributed by atoms with van der Waals surface area (Å²) in [5, 5.41) is 2.80. The number of nitrogens with one attached hydrogen (secondary N) is 1. The largest absolute Gasteiger partial charge is 0.451 e. The van der Waals surface area contributed by atoms with Gasteiger partial charge < -0.3 is 9.73 Å². The van der Waals surface area contributed by atoms with Crippen LogP contribution < -0.4 is 5.32 Å². The summed E-state index contributed by atoms with van der Waals surface area (Å²) in [5.74, 6) is -0.442. The molecule has 2 aromatic rings. The number of amides is 1. The van der Waals surface area contributed by atoms with Gasteiger partial charge in [0.25, 0.3) is 5.91 Å². The first-order valence-electron chi connectivity index (χ1n) is 5.48. The number of fused-ring (bicyclic) bond motifs is 1. The van der Waals surface area contributed by atoms with Gasteiger partial charge in [-0.25, -0.2) is 4.39 Å². The lowest BCUT2D eigenvalue weighted by Crippen LogP contribution is -2.16. The third-order valence-corrected chi connectivity index (χ3v) is 2.74. The van der Waals surface area contributed by atoms with Crippen molar-refractivity contribution in [3.63, 3.8) is 0 Å². The average Bonchev–Trinajstić information content (AvgIpc) is 2.72. The summed E-state index contributed by atoms with van der Waals surface area (Å²) in [4.78, 5) is 11.4. The number of carbonyl (C=O) groups is 1. The predicted molar refractivity (Wildman–Crippen MR) is 63.7 cm³/mol. The molecule has 0 radical (unpaired) electrons. The van der Waals surface area contributed by atoms with E-state index in [0.29, 0.717) is 16.5 Å². The Morgan fingerprint density at radius 2 is 2.12 bits per heavy atom. The summed E-state index contributed by atoms with van der Waals surface area (Å²) in [6.45, 7) is 3.84. The number of hydrogen-bond donors (Lipinski definition) is 1. The van der Waals surface area contributed by atoms with E-state index in [0.717, 1.165) is 0 Å². The van der Waals surface area contributed by atoms with E-state index in [4.69, 9.17) is 4.42 Å². The number of benzene rings is 1. The highest BCUT2D eigenvalue weighted by Crippen LogP contribution is 2.28. The minimum absolute atomic E-state index is 0.0951. The van der Waals surface area contributed by atoms with Crippen LogP contribution in [0.2, 0.25) is 0 Å². The molecular weight excluding hydrogens is 221 g/mol. The fraction of sp³-hybridized carbons (Fsp3) is 0.308. The summed E-state index contributed by atoms with van der Waals surface area (Å²) < 4.78 is 19.4. The van der Waals surface area contributed by atoms with Gasteiger partial charge in [0.15, 0.2) is 5.76 Å². The Bertz CT molecular complexity index is 572. The number of hydrogen-bond acceptors (Lipinski definition) is 2. The molecule has 1 aromatic carbocycles. The molecule has 1 heterocycles. The summed E-state index contributed by atoms with van der Waals surface area (Å²) in [6, 6.07) is 4.83. The standard InChI is InChI=1S/C13H14FNO2/c1-7(2)8-4-5-10-9(12(8)14)6-11(17-10)13(16)15-3/h4-7H,1-3H3,(H,15,16). The third-order valence-electron chi connectivity index (χ3n) is 2.74. The van der Waals surface area contributed by atoms with Gasteiger partial charge in [0.1, 0.15) is 11.4 Å². The van der Waals surface area contributed by atoms with Gasteiger partial charge in [0, 0.05) is 13.1 Å².